The molecule has 0 aromatic heterocycles. The normalized spacial score (nSPS) is 16.8. The summed E-state index contributed by atoms with van der Waals surface area (Å²) in [7, 11) is 0. The van der Waals surface area contributed by atoms with Gasteiger partial charge < -0.3 is 0 Å². The van der Waals surface area contributed by atoms with Crippen LogP contribution in [0.1, 0.15) is 57.2 Å². The fraction of sp³-hybridized carbons (Fsp3) is 0.400. The molecule has 1 fully saturated rings. The zero-order chi connectivity index (χ0) is 24.8. The van der Waals surface area contributed by atoms with Crippen molar-refractivity contribution in [2.45, 2.75) is 64.1 Å². The number of likely N-dealkylation sites (tertiary alicyclic amines) is 1. The van der Waals surface area contributed by atoms with Gasteiger partial charge in [0.15, 0.2) is 0 Å². The van der Waals surface area contributed by atoms with Gasteiger partial charge >= 0.3 is 0 Å². The van der Waals surface area contributed by atoms with E-state index in [1.165, 1.54) is 5.56 Å². The number of hydrogen-bond donors (Lipinski definition) is 0. The minimum atomic E-state index is -1.06. The number of nitrogens with zero attached hydrogens (tertiary/aromatic N) is 1. The van der Waals surface area contributed by atoms with Crippen molar-refractivity contribution in [3.8, 4) is 0 Å². The van der Waals surface area contributed by atoms with Crippen LogP contribution in [-0.4, -0.2) is 23.8 Å². The molecular weight excluding hydrogens is 438 g/mol. The van der Waals surface area contributed by atoms with Gasteiger partial charge in [-0.2, -0.15) is 9.78 Å². The lowest BCUT2D eigenvalue weighted by Crippen LogP contribution is -2.53. The first kappa shape index (κ1) is 25.5. The van der Waals surface area contributed by atoms with Gasteiger partial charge in [0.05, 0.1) is 6.54 Å². The Morgan fingerprint density at radius 3 is 1.63 bits per heavy atom. The summed E-state index contributed by atoms with van der Waals surface area (Å²) in [6, 6.07) is 30.6. The summed E-state index contributed by atoms with van der Waals surface area (Å²) in [5.41, 5.74) is 1.98. The topological polar surface area (TPSA) is 40.2 Å². The predicted molar refractivity (Wildman–Crippen MR) is 137 cm³/mol. The second-order valence-electron chi connectivity index (χ2n) is 10.3. The Kier molecular flexibility index (Phi) is 8.05. The van der Waals surface area contributed by atoms with Crippen molar-refractivity contribution in [1.82, 2.24) is 4.90 Å². The molecule has 3 aromatic rings. The first-order valence-corrected chi connectivity index (χ1v) is 12.4. The van der Waals surface area contributed by atoms with E-state index in [1.54, 1.807) is 0 Å². The van der Waals surface area contributed by atoms with Gasteiger partial charge in [-0.15, -0.1) is 0 Å². The molecule has 0 atom stereocenters. The number of hydrogen-bond acceptors (Lipinski definition) is 5. The standard InChI is InChI=1S/C30H37NO4/c1-28(2,26-17-10-6-11-18-26)32-34-30(35-33-29(3,4)27-19-12-7-13-20-27)21-14-22-31(24-30)23-25-15-8-5-9-16-25/h5-13,15-20H,14,21-24H2,1-4H3. The molecule has 0 bridgehead atoms. The molecule has 35 heavy (non-hydrogen) atoms. The van der Waals surface area contributed by atoms with Gasteiger partial charge in [0.1, 0.15) is 11.2 Å². The maximum Gasteiger partial charge on any atom is 0.246 e. The van der Waals surface area contributed by atoms with Gasteiger partial charge in [-0.25, -0.2) is 9.78 Å². The third-order valence-electron chi connectivity index (χ3n) is 6.49. The van der Waals surface area contributed by atoms with E-state index < -0.39 is 17.0 Å². The molecule has 1 aliphatic heterocycles. The Balaban J connectivity index is 1.52. The van der Waals surface area contributed by atoms with Crippen LogP contribution in [0.2, 0.25) is 0 Å². The molecule has 0 N–H and O–H groups in total. The van der Waals surface area contributed by atoms with Crippen molar-refractivity contribution >= 4 is 0 Å². The zero-order valence-electron chi connectivity index (χ0n) is 21.3. The quantitative estimate of drug-likeness (QED) is 0.184. The Hall–Kier alpha value is -2.54. The fourth-order valence-electron chi connectivity index (χ4n) is 4.33. The molecule has 5 nitrogen and oxygen atoms in total. The molecule has 4 rings (SSSR count). The summed E-state index contributed by atoms with van der Waals surface area (Å²) < 4.78 is 0. The minimum Gasteiger partial charge on any atom is -0.294 e. The molecule has 0 saturated carbocycles. The molecular formula is C30H37NO4. The van der Waals surface area contributed by atoms with E-state index in [0.717, 1.165) is 30.6 Å². The van der Waals surface area contributed by atoms with Gasteiger partial charge in [-0.05, 0) is 57.4 Å². The molecule has 0 radical (unpaired) electrons. The van der Waals surface area contributed by atoms with Crippen molar-refractivity contribution in [3.05, 3.63) is 108 Å². The van der Waals surface area contributed by atoms with Gasteiger partial charge in [-0.3, -0.25) is 4.90 Å². The molecule has 186 valence electrons. The van der Waals surface area contributed by atoms with E-state index in [-0.39, 0.29) is 0 Å². The van der Waals surface area contributed by atoms with E-state index in [1.807, 2.05) is 94.4 Å². The van der Waals surface area contributed by atoms with Gasteiger partial charge in [0, 0.05) is 13.0 Å². The van der Waals surface area contributed by atoms with Crippen LogP contribution in [0, 0.1) is 0 Å². The van der Waals surface area contributed by atoms with Crippen LogP contribution in [0.15, 0.2) is 91.0 Å². The average molecular weight is 476 g/mol. The molecule has 0 unspecified atom stereocenters. The highest BCUT2D eigenvalue weighted by Gasteiger charge is 2.44. The Morgan fingerprint density at radius 2 is 1.14 bits per heavy atom. The predicted octanol–water partition coefficient (Wildman–Crippen LogP) is 6.75. The highest BCUT2D eigenvalue weighted by Crippen LogP contribution is 2.35. The number of rotatable bonds is 10. The number of piperidine rings is 1. The lowest BCUT2D eigenvalue weighted by atomic mass is 9.99. The minimum absolute atomic E-state index is 0.525. The molecule has 5 heteroatoms. The van der Waals surface area contributed by atoms with Crippen LogP contribution in [0.25, 0.3) is 0 Å². The molecule has 0 amide bonds. The molecule has 1 heterocycles. The summed E-state index contributed by atoms with van der Waals surface area (Å²) in [5, 5.41) is 0. The van der Waals surface area contributed by atoms with Gasteiger partial charge in [-0.1, -0.05) is 91.0 Å². The first-order valence-electron chi connectivity index (χ1n) is 12.4. The van der Waals surface area contributed by atoms with Crippen molar-refractivity contribution < 1.29 is 19.6 Å². The molecule has 3 aromatic carbocycles. The van der Waals surface area contributed by atoms with Crippen LogP contribution in [0.3, 0.4) is 0 Å². The van der Waals surface area contributed by atoms with Crippen molar-refractivity contribution in [2.24, 2.45) is 0 Å². The smallest absolute Gasteiger partial charge is 0.246 e. The Labute approximate surface area is 209 Å². The summed E-state index contributed by atoms with van der Waals surface area (Å²) in [6.45, 7) is 10.3. The van der Waals surface area contributed by atoms with Gasteiger partial charge in [0.25, 0.3) is 0 Å². The lowest BCUT2D eigenvalue weighted by Gasteiger charge is -2.42. The summed E-state index contributed by atoms with van der Waals surface area (Å²) >= 11 is 0. The molecule has 0 aliphatic carbocycles. The van der Waals surface area contributed by atoms with E-state index in [0.29, 0.717) is 13.0 Å². The molecule has 0 spiro atoms. The van der Waals surface area contributed by atoms with Crippen molar-refractivity contribution in [3.63, 3.8) is 0 Å². The molecule has 1 saturated heterocycles. The second kappa shape index (κ2) is 11.0. The lowest BCUT2D eigenvalue weighted by molar-refractivity contribution is -0.551. The Morgan fingerprint density at radius 1 is 0.686 bits per heavy atom. The summed E-state index contributed by atoms with van der Waals surface area (Å²) in [5.74, 6) is -1.06. The van der Waals surface area contributed by atoms with E-state index >= 15 is 0 Å². The maximum atomic E-state index is 6.20. The summed E-state index contributed by atoms with van der Waals surface area (Å²) in [4.78, 5) is 26.9. The van der Waals surface area contributed by atoms with Crippen LogP contribution >= 0.6 is 0 Å². The molecule has 1 aliphatic rings. The summed E-state index contributed by atoms with van der Waals surface area (Å²) in [6.07, 6.45) is 1.56. The third kappa shape index (κ3) is 6.78. The van der Waals surface area contributed by atoms with Crippen LogP contribution in [-0.2, 0) is 37.3 Å². The van der Waals surface area contributed by atoms with Crippen LogP contribution in [0.5, 0.6) is 0 Å². The van der Waals surface area contributed by atoms with E-state index in [9.17, 15) is 0 Å². The van der Waals surface area contributed by atoms with Gasteiger partial charge in [0.2, 0.25) is 5.79 Å². The first-order chi connectivity index (χ1) is 16.8. The second-order valence-corrected chi connectivity index (χ2v) is 10.3. The average Bonchev–Trinajstić information content (AvgIpc) is 2.89. The van der Waals surface area contributed by atoms with Crippen LogP contribution < -0.4 is 0 Å². The zero-order valence-corrected chi connectivity index (χ0v) is 21.3. The largest absolute Gasteiger partial charge is 0.294 e. The third-order valence-corrected chi connectivity index (χ3v) is 6.49. The highest BCUT2D eigenvalue weighted by molar-refractivity contribution is 5.21. The van der Waals surface area contributed by atoms with Crippen molar-refractivity contribution in [1.29, 1.82) is 0 Å². The van der Waals surface area contributed by atoms with E-state index in [2.05, 4.69) is 29.2 Å². The van der Waals surface area contributed by atoms with E-state index in [4.69, 9.17) is 19.6 Å². The fourth-order valence-corrected chi connectivity index (χ4v) is 4.33. The maximum absolute atomic E-state index is 6.20. The highest BCUT2D eigenvalue weighted by atomic mass is 17.3. The SMILES string of the molecule is CC(C)(OOC1(OOC(C)(C)c2ccccc2)CCCN(Cc2ccccc2)C1)c1ccccc1. The van der Waals surface area contributed by atoms with Crippen molar-refractivity contribution in [2.75, 3.05) is 13.1 Å². The number of benzene rings is 3. The van der Waals surface area contributed by atoms with Crippen LogP contribution in [0.4, 0.5) is 0 Å². The monoisotopic (exact) mass is 475 g/mol. The Bertz CT molecular complexity index is 982.